The molecule has 0 fully saturated rings. The molecule has 0 atom stereocenters. The number of H-pyrrole nitrogens is 1. The Balaban J connectivity index is 1.84. The maximum absolute atomic E-state index is 4.63. The monoisotopic (exact) mass is 284 g/mol. The Morgan fingerprint density at radius 2 is 2.25 bits per heavy atom. The van der Waals surface area contributed by atoms with E-state index in [9.17, 15) is 0 Å². The first-order chi connectivity index (χ1) is 9.85. The molecule has 0 aliphatic rings. The molecule has 3 heterocycles. The van der Waals surface area contributed by atoms with Crippen LogP contribution in [-0.2, 0) is 6.42 Å². The first kappa shape index (κ1) is 11.5. The number of aromatic nitrogens is 6. The lowest BCUT2D eigenvalue weighted by molar-refractivity contribution is 0.778. The predicted molar refractivity (Wildman–Crippen MR) is 77.7 cm³/mol. The fourth-order valence-corrected chi connectivity index (χ4v) is 3.08. The number of hydrogen-bond donors (Lipinski definition) is 1. The summed E-state index contributed by atoms with van der Waals surface area (Å²) in [7, 11) is 0. The summed E-state index contributed by atoms with van der Waals surface area (Å²) in [6, 6.07) is 6.10. The maximum atomic E-state index is 4.63. The quantitative estimate of drug-likeness (QED) is 0.628. The van der Waals surface area contributed by atoms with Gasteiger partial charge in [-0.2, -0.15) is 9.61 Å². The van der Waals surface area contributed by atoms with Crippen molar-refractivity contribution in [2.45, 2.75) is 19.8 Å². The molecule has 0 unspecified atom stereocenters. The van der Waals surface area contributed by atoms with Gasteiger partial charge in [0.2, 0.25) is 4.96 Å². The van der Waals surface area contributed by atoms with Crippen LogP contribution in [0.2, 0.25) is 0 Å². The molecule has 100 valence electrons. The predicted octanol–water partition coefficient (Wildman–Crippen LogP) is 2.68. The minimum absolute atomic E-state index is 0.841. The third-order valence-electron chi connectivity index (χ3n) is 3.20. The SMILES string of the molecule is CCCc1nnc2sc(-c3ccc4nc[nH]c4c3)nn12. The van der Waals surface area contributed by atoms with E-state index in [1.54, 1.807) is 17.7 Å². The lowest BCUT2D eigenvalue weighted by Crippen LogP contribution is -1.95. The molecule has 0 saturated carbocycles. The van der Waals surface area contributed by atoms with Crippen molar-refractivity contribution in [3.8, 4) is 10.6 Å². The van der Waals surface area contributed by atoms with E-state index in [4.69, 9.17) is 0 Å². The van der Waals surface area contributed by atoms with Gasteiger partial charge >= 0.3 is 0 Å². The van der Waals surface area contributed by atoms with Crippen molar-refractivity contribution in [3.63, 3.8) is 0 Å². The number of imidazole rings is 1. The Bertz CT molecular complexity index is 887. The molecule has 4 aromatic rings. The van der Waals surface area contributed by atoms with E-state index in [-0.39, 0.29) is 0 Å². The van der Waals surface area contributed by atoms with Gasteiger partial charge in [-0.15, -0.1) is 10.2 Å². The van der Waals surface area contributed by atoms with E-state index in [0.29, 0.717) is 0 Å². The minimum atomic E-state index is 0.841. The summed E-state index contributed by atoms with van der Waals surface area (Å²) >= 11 is 1.55. The van der Waals surface area contributed by atoms with E-state index in [1.165, 1.54) is 0 Å². The van der Waals surface area contributed by atoms with E-state index < -0.39 is 0 Å². The lowest BCUT2D eigenvalue weighted by Gasteiger charge is -1.95. The molecule has 3 aromatic heterocycles. The van der Waals surface area contributed by atoms with Crippen molar-refractivity contribution in [2.24, 2.45) is 0 Å². The number of rotatable bonds is 3. The Labute approximate surface area is 118 Å². The van der Waals surface area contributed by atoms with Crippen LogP contribution in [0.4, 0.5) is 0 Å². The second-order valence-electron chi connectivity index (χ2n) is 4.60. The standard InChI is InChI=1S/C13H12N6S/c1-2-3-11-16-17-13-19(11)18-12(20-13)8-4-5-9-10(6-8)15-7-14-9/h4-7H,2-3H2,1H3,(H,14,15). The van der Waals surface area contributed by atoms with E-state index in [1.807, 2.05) is 16.6 Å². The zero-order valence-electron chi connectivity index (χ0n) is 10.9. The van der Waals surface area contributed by atoms with Crippen LogP contribution in [0.25, 0.3) is 26.6 Å². The molecule has 0 saturated heterocycles. The molecule has 0 aliphatic heterocycles. The van der Waals surface area contributed by atoms with Crippen molar-refractivity contribution in [3.05, 3.63) is 30.4 Å². The summed E-state index contributed by atoms with van der Waals surface area (Å²) in [5, 5.41) is 13.9. The molecule has 0 aliphatic carbocycles. The molecule has 7 heteroatoms. The summed E-state index contributed by atoms with van der Waals surface area (Å²) in [4.78, 5) is 8.19. The molecule has 4 rings (SSSR count). The Hall–Kier alpha value is -2.28. The number of aryl methyl sites for hydroxylation is 1. The van der Waals surface area contributed by atoms with Crippen molar-refractivity contribution < 1.29 is 0 Å². The zero-order chi connectivity index (χ0) is 13.5. The van der Waals surface area contributed by atoms with Gasteiger partial charge in [0.15, 0.2) is 5.82 Å². The third-order valence-corrected chi connectivity index (χ3v) is 4.14. The van der Waals surface area contributed by atoms with Gasteiger partial charge < -0.3 is 4.98 Å². The van der Waals surface area contributed by atoms with Crippen molar-refractivity contribution in [1.29, 1.82) is 0 Å². The molecule has 1 N–H and O–H groups in total. The molecule has 0 spiro atoms. The van der Waals surface area contributed by atoms with Gasteiger partial charge in [0.05, 0.1) is 17.4 Å². The first-order valence-electron chi connectivity index (χ1n) is 6.50. The molecule has 0 radical (unpaired) electrons. The van der Waals surface area contributed by atoms with Gasteiger partial charge in [-0.3, -0.25) is 0 Å². The average molecular weight is 284 g/mol. The summed E-state index contributed by atoms with van der Waals surface area (Å²) in [6.45, 7) is 2.13. The van der Waals surface area contributed by atoms with Gasteiger partial charge in [-0.1, -0.05) is 18.3 Å². The van der Waals surface area contributed by atoms with Crippen LogP contribution in [0.15, 0.2) is 24.5 Å². The average Bonchev–Trinajstić information content (AvgIpc) is 3.14. The molecule has 0 bridgehead atoms. The topological polar surface area (TPSA) is 71.8 Å². The van der Waals surface area contributed by atoms with Crippen LogP contribution in [-0.4, -0.2) is 29.8 Å². The summed E-state index contributed by atoms with van der Waals surface area (Å²) in [5.41, 5.74) is 3.05. The zero-order valence-corrected chi connectivity index (χ0v) is 11.7. The van der Waals surface area contributed by atoms with Crippen molar-refractivity contribution >= 4 is 27.3 Å². The van der Waals surface area contributed by atoms with Crippen molar-refractivity contribution in [1.82, 2.24) is 29.8 Å². The van der Waals surface area contributed by atoms with Crippen LogP contribution < -0.4 is 0 Å². The molecular formula is C13H12N6S. The third kappa shape index (κ3) is 1.70. The molecule has 20 heavy (non-hydrogen) atoms. The highest BCUT2D eigenvalue weighted by atomic mass is 32.1. The van der Waals surface area contributed by atoms with Crippen LogP contribution >= 0.6 is 11.3 Å². The van der Waals surface area contributed by atoms with Crippen LogP contribution in [0.1, 0.15) is 19.2 Å². The fraction of sp³-hybridized carbons (Fsp3) is 0.231. The largest absolute Gasteiger partial charge is 0.345 e. The highest BCUT2D eigenvalue weighted by Crippen LogP contribution is 2.27. The smallest absolute Gasteiger partial charge is 0.234 e. The van der Waals surface area contributed by atoms with Gasteiger partial charge in [0.25, 0.3) is 0 Å². The van der Waals surface area contributed by atoms with Gasteiger partial charge in [0, 0.05) is 12.0 Å². The number of nitrogens with one attached hydrogen (secondary N) is 1. The second kappa shape index (κ2) is 4.38. The van der Waals surface area contributed by atoms with Gasteiger partial charge in [-0.25, -0.2) is 4.98 Å². The normalized spacial score (nSPS) is 11.7. The summed E-state index contributed by atoms with van der Waals surface area (Å²) in [5.74, 6) is 0.924. The number of nitrogens with zero attached hydrogens (tertiary/aromatic N) is 5. The number of fused-ring (bicyclic) bond motifs is 2. The van der Waals surface area contributed by atoms with E-state index in [0.717, 1.165) is 45.2 Å². The summed E-state index contributed by atoms with van der Waals surface area (Å²) < 4.78 is 1.85. The number of hydrogen-bond acceptors (Lipinski definition) is 5. The fourth-order valence-electron chi connectivity index (χ4n) is 2.22. The molecular weight excluding hydrogens is 272 g/mol. The molecule has 0 amide bonds. The molecule has 1 aromatic carbocycles. The minimum Gasteiger partial charge on any atom is -0.345 e. The Kier molecular flexibility index (Phi) is 2.53. The highest BCUT2D eigenvalue weighted by molar-refractivity contribution is 7.19. The van der Waals surface area contributed by atoms with Crippen LogP contribution in [0, 0.1) is 0 Å². The lowest BCUT2D eigenvalue weighted by atomic mass is 10.2. The second-order valence-corrected chi connectivity index (χ2v) is 5.56. The summed E-state index contributed by atoms with van der Waals surface area (Å²) in [6.07, 6.45) is 3.63. The van der Waals surface area contributed by atoms with Gasteiger partial charge in [-0.05, 0) is 24.6 Å². The van der Waals surface area contributed by atoms with Crippen LogP contribution in [0.5, 0.6) is 0 Å². The highest BCUT2D eigenvalue weighted by Gasteiger charge is 2.12. The van der Waals surface area contributed by atoms with E-state index in [2.05, 4.69) is 38.3 Å². The Morgan fingerprint density at radius 3 is 3.15 bits per heavy atom. The number of aromatic amines is 1. The Morgan fingerprint density at radius 1 is 1.30 bits per heavy atom. The number of benzene rings is 1. The first-order valence-corrected chi connectivity index (χ1v) is 7.31. The van der Waals surface area contributed by atoms with Crippen LogP contribution in [0.3, 0.4) is 0 Å². The van der Waals surface area contributed by atoms with Gasteiger partial charge in [0.1, 0.15) is 5.01 Å². The van der Waals surface area contributed by atoms with Crippen molar-refractivity contribution in [2.75, 3.05) is 0 Å². The molecule has 6 nitrogen and oxygen atoms in total. The van der Waals surface area contributed by atoms with E-state index >= 15 is 0 Å². The maximum Gasteiger partial charge on any atom is 0.234 e.